The number of ether oxygens (including phenoxy) is 1. The number of rotatable bonds is 6. The maximum atomic E-state index is 11.5. The lowest BCUT2D eigenvalue weighted by Crippen LogP contribution is -2.12. The van der Waals surface area contributed by atoms with Gasteiger partial charge in [-0.3, -0.25) is 4.79 Å². The first-order valence-corrected chi connectivity index (χ1v) is 7.24. The SMILES string of the molecule is CCCC(=O)Nc1ccc(Nc2ccc(OC)c(Cl)c2)nn1. The molecular formula is C15H17ClN4O2. The van der Waals surface area contributed by atoms with Gasteiger partial charge in [-0.2, -0.15) is 0 Å². The molecule has 2 N–H and O–H groups in total. The lowest BCUT2D eigenvalue weighted by Gasteiger charge is -2.08. The van der Waals surface area contributed by atoms with Crippen molar-refractivity contribution in [1.29, 1.82) is 0 Å². The van der Waals surface area contributed by atoms with Crippen LogP contribution in [0.1, 0.15) is 19.8 Å². The molecule has 0 bridgehead atoms. The van der Waals surface area contributed by atoms with E-state index in [1.807, 2.05) is 13.0 Å². The molecule has 6 nitrogen and oxygen atoms in total. The second-order valence-electron chi connectivity index (χ2n) is 4.58. The number of aromatic nitrogens is 2. The van der Waals surface area contributed by atoms with Gasteiger partial charge in [0, 0.05) is 12.1 Å². The molecule has 116 valence electrons. The molecule has 22 heavy (non-hydrogen) atoms. The van der Waals surface area contributed by atoms with Crippen LogP contribution in [-0.4, -0.2) is 23.2 Å². The highest BCUT2D eigenvalue weighted by Gasteiger charge is 2.05. The van der Waals surface area contributed by atoms with E-state index >= 15 is 0 Å². The number of hydrogen-bond donors (Lipinski definition) is 2. The van der Waals surface area contributed by atoms with Gasteiger partial charge < -0.3 is 15.4 Å². The fourth-order valence-corrected chi connectivity index (χ4v) is 2.05. The van der Waals surface area contributed by atoms with Crippen molar-refractivity contribution in [3.63, 3.8) is 0 Å². The van der Waals surface area contributed by atoms with Crippen molar-refractivity contribution < 1.29 is 9.53 Å². The first-order chi connectivity index (χ1) is 10.6. The summed E-state index contributed by atoms with van der Waals surface area (Å²) in [4.78, 5) is 11.5. The number of benzene rings is 1. The highest BCUT2D eigenvalue weighted by atomic mass is 35.5. The Morgan fingerprint density at radius 3 is 2.55 bits per heavy atom. The fraction of sp³-hybridized carbons (Fsp3) is 0.267. The number of halogens is 1. The lowest BCUT2D eigenvalue weighted by molar-refractivity contribution is -0.116. The quantitative estimate of drug-likeness (QED) is 0.850. The summed E-state index contributed by atoms with van der Waals surface area (Å²) in [5, 5.41) is 14.2. The van der Waals surface area contributed by atoms with Crippen LogP contribution in [0, 0.1) is 0 Å². The zero-order valence-corrected chi connectivity index (χ0v) is 13.1. The summed E-state index contributed by atoms with van der Waals surface area (Å²) in [5.74, 6) is 1.51. The number of amides is 1. The fourth-order valence-electron chi connectivity index (χ4n) is 1.79. The first kappa shape index (κ1) is 16.0. The van der Waals surface area contributed by atoms with Gasteiger partial charge in [-0.1, -0.05) is 18.5 Å². The van der Waals surface area contributed by atoms with E-state index in [4.69, 9.17) is 16.3 Å². The Morgan fingerprint density at radius 1 is 1.23 bits per heavy atom. The maximum Gasteiger partial charge on any atom is 0.225 e. The van der Waals surface area contributed by atoms with Gasteiger partial charge in [-0.25, -0.2) is 0 Å². The van der Waals surface area contributed by atoms with Crippen LogP contribution in [0.2, 0.25) is 5.02 Å². The minimum absolute atomic E-state index is 0.0700. The second kappa shape index (κ2) is 7.61. The third kappa shape index (κ3) is 4.33. The third-order valence-corrected chi connectivity index (χ3v) is 3.13. The van der Waals surface area contributed by atoms with Crippen molar-refractivity contribution in [3.05, 3.63) is 35.4 Å². The smallest absolute Gasteiger partial charge is 0.225 e. The summed E-state index contributed by atoms with van der Waals surface area (Å²) in [7, 11) is 1.56. The Kier molecular flexibility index (Phi) is 5.55. The molecule has 0 aliphatic carbocycles. The van der Waals surface area contributed by atoms with E-state index in [9.17, 15) is 4.79 Å². The number of methoxy groups -OCH3 is 1. The molecule has 0 spiro atoms. The van der Waals surface area contributed by atoms with Crippen LogP contribution in [0.4, 0.5) is 17.3 Å². The molecule has 7 heteroatoms. The van der Waals surface area contributed by atoms with Crippen molar-refractivity contribution in [1.82, 2.24) is 10.2 Å². The van der Waals surface area contributed by atoms with Crippen LogP contribution in [0.5, 0.6) is 5.75 Å². The van der Waals surface area contributed by atoms with Crippen LogP contribution in [-0.2, 0) is 4.79 Å². The Hall–Kier alpha value is -2.34. The molecule has 2 rings (SSSR count). The summed E-state index contributed by atoms with van der Waals surface area (Å²) in [6.07, 6.45) is 1.25. The normalized spacial score (nSPS) is 10.1. The molecule has 1 heterocycles. The average molecular weight is 321 g/mol. The van der Waals surface area contributed by atoms with Crippen molar-refractivity contribution in [2.45, 2.75) is 19.8 Å². The largest absolute Gasteiger partial charge is 0.495 e. The van der Waals surface area contributed by atoms with Crippen LogP contribution in [0.25, 0.3) is 0 Å². The monoisotopic (exact) mass is 320 g/mol. The van der Waals surface area contributed by atoms with Crippen molar-refractivity contribution in [2.75, 3.05) is 17.7 Å². The van der Waals surface area contributed by atoms with Gasteiger partial charge in [-0.15, -0.1) is 10.2 Å². The number of nitrogens with one attached hydrogen (secondary N) is 2. The Bertz CT molecular complexity index is 646. The third-order valence-electron chi connectivity index (χ3n) is 2.83. The van der Waals surface area contributed by atoms with E-state index in [0.29, 0.717) is 28.8 Å². The minimum atomic E-state index is -0.0700. The molecule has 0 aliphatic heterocycles. The molecule has 0 aliphatic rings. The molecule has 1 aromatic heterocycles. The molecule has 1 aromatic carbocycles. The van der Waals surface area contributed by atoms with Crippen LogP contribution >= 0.6 is 11.6 Å². The zero-order valence-electron chi connectivity index (χ0n) is 12.4. The Morgan fingerprint density at radius 2 is 1.95 bits per heavy atom. The van der Waals surface area contributed by atoms with E-state index in [0.717, 1.165) is 12.1 Å². The minimum Gasteiger partial charge on any atom is -0.495 e. The standard InChI is InChI=1S/C15H17ClN4O2/c1-3-4-15(21)18-14-8-7-13(19-20-14)17-10-5-6-12(22-2)11(16)9-10/h5-9H,3-4H2,1-2H3,(H,17,19)(H,18,20,21). The Labute approximate surface area is 133 Å². The summed E-state index contributed by atoms with van der Waals surface area (Å²) in [6, 6.07) is 8.74. The van der Waals surface area contributed by atoms with E-state index < -0.39 is 0 Å². The summed E-state index contributed by atoms with van der Waals surface area (Å²) < 4.78 is 5.09. The predicted molar refractivity (Wildman–Crippen MR) is 86.9 cm³/mol. The Balaban J connectivity index is 2.02. The lowest BCUT2D eigenvalue weighted by atomic mass is 10.3. The molecule has 1 amide bonds. The van der Waals surface area contributed by atoms with Gasteiger partial charge in [0.05, 0.1) is 12.1 Å². The number of hydrogen-bond acceptors (Lipinski definition) is 5. The summed E-state index contributed by atoms with van der Waals surface area (Å²) >= 11 is 6.06. The maximum absolute atomic E-state index is 11.5. The van der Waals surface area contributed by atoms with E-state index in [1.165, 1.54) is 0 Å². The highest BCUT2D eigenvalue weighted by molar-refractivity contribution is 6.32. The molecular weight excluding hydrogens is 304 g/mol. The second-order valence-corrected chi connectivity index (χ2v) is 4.98. The van der Waals surface area contributed by atoms with Gasteiger partial charge in [0.2, 0.25) is 5.91 Å². The highest BCUT2D eigenvalue weighted by Crippen LogP contribution is 2.28. The molecule has 2 aromatic rings. The number of anilines is 3. The average Bonchev–Trinajstić information content (AvgIpc) is 2.50. The number of nitrogens with zero attached hydrogens (tertiary/aromatic N) is 2. The van der Waals surface area contributed by atoms with Gasteiger partial charge in [0.25, 0.3) is 0 Å². The molecule has 0 saturated heterocycles. The van der Waals surface area contributed by atoms with Crippen molar-refractivity contribution in [2.24, 2.45) is 0 Å². The van der Waals surface area contributed by atoms with Crippen LogP contribution in [0.3, 0.4) is 0 Å². The van der Waals surface area contributed by atoms with E-state index in [2.05, 4.69) is 20.8 Å². The molecule has 0 radical (unpaired) electrons. The summed E-state index contributed by atoms with van der Waals surface area (Å²) in [5.41, 5.74) is 0.767. The molecule has 0 unspecified atom stereocenters. The zero-order chi connectivity index (χ0) is 15.9. The molecule has 0 atom stereocenters. The van der Waals surface area contributed by atoms with Crippen LogP contribution < -0.4 is 15.4 Å². The number of carbonyl (C=O) groups excluding carboxylic acids is 1. The number of carbonyl (C=O) groups is 1. The van der Waals surface area contributed by atoms with E-state index in [-0.39, 0.29) is 5.91 Å². The predicted octanol–water partition coefficient (Wildman–Crippen LogP) is 3.62. The molecule has 0 fully saturated rings. The van der Waals surface area contributed by atoms with Gasteiger partial charge in [0.1, 0.15) is 5.75 Å². The topological polar surface area (TPSA) is 76.1 Å². The van der Waals surface area contributed by atoms with Crippen molar-refractivity contribution in [3.8, 4) is 5.75 Å². The van der Waals surface area contributed by atoms with E-state index in [1.54, 1.807) is 31.4 Å². The van der Waals surface area contributed by atoms with Gasteiger partial charge in [-0.05, 0) is 36.8 Å². The van der Waals surface area contributed by atoms with Gasteiger partial charge >= 0.3 is 0 Å². The van der Waals surface area contributed by atoms with Gasteiger partial charge in [0.15, 0.2) is 11.6 Å². The van der Waals surface area contributed by atoms with Crippen molar-refractivity contribution >= 4 is 34.8 Å². The summed E-state index contributed by atoms with van der Waals surface area (Å²) in [6.45, 7) is 1.94. The first-order valence-electron chi connectivity index (χ1n) is 6.86. The molecule has 0 saturated carbocycles. The van der Waals surface area contributed by atoms with Crippen LogP contribution in [0.15, 0.2) is 30.3 Å².